The third-order valence-electron chi connectivity index (χ3n) is 0.790. The van der Waals surface area contributed by atoms with E-state index in [4.69, 9.17) is 5.26 Å². The van der Waals surface area contributed by atoms with Crippen molar-refractivity contribution in [3.05, 3.63) is 0 Å². The lowest BCUT2D eigenvalue weighted by molar-refractivity contribution is -0.141. The Hall–Kier alpha value is -0.760. The highest BCUT2D eigenvalue weighted by Gasteiger charge is 2.28. The molecule has 0 spiro atoms. The second-order valence-electron chi connectivity index (χ2n) is 1.95. The third kappa shape index (κ3) is 5.38. The minimum atomic E-state index is -4.20. The van der Waals surface area contributed by atoms with Gasteiger partial charge in [0.1, 0.15) is 0 Å². The Bertz CT molecular complexity index is 135. The maximum Gasteiger partial charge on any atom is 0.401 e. The molecule has 0 aromatic carbocycles. The van der Waals surface area contributed by atoms with Gasteiger partial charge in [-0.2, -0.15) is 18.4 Å². The zero-order chi connectivity index (χ0) is 8.20. The van der Waals surface area contributed by atoms with Gasteiger partial charge in [-0.3, -0.25) is 4.90 Å². The van der Waals surface area contributed by atoms with Gasteiger partial charge in [-0.15, -0.1) is 0 Å². The molecule has 0 radical (unpaired) electrons. The van der Waals surface area contributed by atoms with E-state index < -0.39 is 12.7 Å². The minimum absolute atomic E-state index is 0.195. The van der Waals surface area contributed by atoms with E-state index in [0.717, 1.165) is 4.90 Å². The van der Waals surface area contributed by atoms with Gasteiger partial charge in [0.15, 0.2) is 0 Å². The molecule has 0 saturated heterocycles. The molecule has 0 atom stereocenters. The van der Waals surface area contributed by atoms with Gasteiger partial charge in [-0.25, -0.2) is 0 Å². The molecule has 0 N–H and O–H groups in total. The van der Waals surface area contributed by atoms with Crippen molar-refractivity contribution in [1.82, 2.24) is 4.90 Å². The average molecular weight is 152 g/mol. The predicted octanol–water partition coefficient (Wildman–Crippen LogP) is 1.00. The van der Waals surface area contributed by atoms with Crippen molar-refractivity contribution < 1.29 is 13.2 Å². The monoisotopic (exact) mass is 152 g/mol. The van der Waals surface area contributed by atoms with Crippen LogP contribution in [0.5, 0.6) is 0 Å². The van der Waals surface area contributed by atoms with E-state index in [-0.39, 0.29) is 6.54 Å². The minimum Gasteiger partial charge on any atom is -0.285 e. The number of nitrogens with zero attached hydrogens (tertiary/aromatic N) is 2. The average Bonchev–Trinajstić information content (AvgIpc) is 1.59. The van der Waals surface area contributed by atoms with Gasteiger partial charge in [-0.05, 0) is 7.05 Å². The van der Waals surface area contributed by atoms with Gasteiger partial charge in [-0.1, -0.05) is 0 Å². The molecule has 0 fully saturated rings. The standard InChI is InChI=1S/C5H7F3N2/c1-10(3-2-9)4-5(6,7)8/h3-4H2,1H3. The zero-order valence-electron chi connectivity index (χ0n) is 5.44. The van der Waals surface area contributed by atoms with Crippen molar-refractivity contribution in [3.8, 4) is 6.07 Å². The van der Waals surface area contributed by atoms with E-state index >= 15 is 0 Å². The highest BCUT2D eigenvalue weighted by atomic mass is 19.4. The summed E-state index contributed by atoms with van der Waals surface area (Å²) in [4.78, 5) is 0.903. The lowest BCUT2D eigenvalue weighted by Gasteiger charge is -2.14. The van der Waals surface area contributed by atoms with Gasteiger partial charge in [0.25, 0.3) is 0 Å². The van der Waals surface area contributed by atoms with E-state index in [9.17, 15) is 13.2 Å². The summed E-state index contributed by atoms with van der Waals surface area (Å²) < 4.78 is 34.4. The summed E-state index contributed by atoms with van der Waals surface area (Å²) in [5, 5.41) is 7.97. The molecule has 10 heavy (non-hydrogen) atoms. The van der Waals surface area contributed by atoms with Crippen LogP contribution in [0.1, 0.15) is 0 Å². The summed E-state index contributed by atoms with van der Waals surface area (Å²) in [5.74, 6) is 0. The fourth-order valence-corrected chi connectivity index (χ4v) is 0.483. The fraction of sp³-hybridized carbons (Fsp3) is 0.800. The molecule has 0 rings (SSSR count). The van der Waals surface area contributed by atoms with E-state index in [2.05, 4.69) is 0 Å². The van der Waals surface area contributed by atoms with Crippen molar-refractivity contribution in [2.45, 2.75) is 6.18 Å². The Morgan fingerprint density at radius 1 is 1.50 bits per heavy atom. The molecule has 5 heteroatoms. The number of halogens is 3. The molecule has 0 aromatic heterocycles. The molecule has 0 aliphatic rings. The Morgan fingerprint density at radius 2 is 2.00 bits per heavy atom. The highest BCUT2D eigenvalue weighted by Crippen LogP contribution is 2.14. The van der Waals surface area contributed by atoms with Gasteiger partial charge >= 0.3 is 6.18 Å². The zero-order valence-corrected chi connectivity index (χ0v) is 5.44. The van der Waals surface area contributed by atoms with Crippen molar-refractivity contribution in [1.29, 1.82) is 5.26 Å². The van der Waals surface area contributed by atoms with Crippen molar-refractivity contribution in [3.63, 3.8) is 0 Å². The highest BCUT2D eigenvalue weighted by molar-refractivity contribution is 4.75. The molecule has 0 aliphatic heterocycles. The van der Waals surface area contributed by atoms with Crippen LogP contribution in [0.3, 0.4) is 0 Å². The number of nitriles is 1. The van der Waals surface area contributed by atoms with Crippen LogP contribution in [0.4, 0.5) is 13.2 Å². The summed E-state index contributed by atoms with van der Waals surface area (Å²) in [6, 6.07) is 1.62. The van der Waals surface area contributed by atoms with Gasteiger partial charge in [0, 0.05) is 0 Å². The summed E-state index contributed by atoms with van der Waals surface area (Å²) in [6.07, 6.45) is -4.20. The van der Waals surface area contributed by atoms with Crippen LogP contribution in [-0.4, -0.2) is 31.2 Å². The van der Waals surface area contributed by atoms with Crippen LogP contribution < -0.4 is 0 Å². The van der Waals surface area contributed by atoms with Gasteiger partial charge < -0.3 is 0 Å². The van der Waals surface area contributed by atoms with E-state index in [1.807, 2.05) is 0 Å². The van der Waals surface area contributed by atoms with Crippen LogP contribution in [0.25, 0.3) is 0 Å². The molecule has 0 bridgehead atoms. The normalized spacial score (nSPS) is 11.6. The SMILES string of the molecule is CN(CC#N)CC(F)(F)F. The van der Waals surface area contributed by atoms with Crippen molar-refractivity contribution in [2.75, 3.05) is 20.1 Å². The van der Waals surface area contributed by atoms with Crippen LogP contribution in [0.2, 0.25) is 0 Å². The number of rotatable bonds is 2. The third-order valence-corrected chi connectivity index (χ3v) is 0.790. The molecular weight excluding hydrogens is 145 g/mol. The van der Waals surface area contributed by atoms with E-state index in [1.54, 1.807) is 6.07 Å². The van der Waals surface area contributed by atoms with Crippen LogP contribution in [-0.2, 0) is 0 Å². The maximum atomic E-state index is 11.5. The largest absolute Gasteiger partial charge is 0.401 e. The predicted molar refractivity (Wildman–Crippen MR) is 29.2 cm³/mol. The first-order chi connectivity index (χ1) is 4.45. The molecule has 0 aromatic rings. The Labute approximate surface area is 56.8 Å². The molecule has 0 heterocycles. The first kappa shape index (κ1) is 9.24. The topological polar surface area (TPSA) is 27.0 Å². The number of alkyl halides is 3. The van der Waals surface area contributed by atoms with E-state index in [0.29, 0.717) is 0 Å². The van der Waals surface area contributed by atoms with Crippen LogP contribution >= 0.6 is 0 Å². The van der Waals surface area contributed by atoms with E-state index in [1.165, 1.54) is 7.05 Å². The first-order valence-electron chi connectivity index (χ1n) is 2.58. The second kappa shape index (κ2) is 3.42. The molecule has 2 nitrogen and oxygen atoms in total. The Balaban J connectivity index is 3.60. The van der Waals surface area contributed by atoms with Gasteiger partial charge in [0.2, 0.25) is 0 Å². The summed E-state index contributed by atoms with van der Waals surface area (Å²) in [7, 11) is 1.25. The molecule has 58 valence electrons. The Morgan fingerprint density at radius 3 is 2.30 bits per heavy atom. The van der Waals surface area contributed by atoms with Gasteiger partial charge in [0.05, 0.1) is 19.2 Å². The smallest absolute Gasteiger partial charge is 0.285 e. The first-order valence-corrected chi connectivity index (χ1v) is 2.58. The summed E-state index contributed by atoms with van der Waals surface area (Å²) >= 11 is 0. The number of hydrogen-bond donors (Lipinski definition) is 0. The van der Waals surface area contributed by atoms with Crippen molar-refractivity contribution >= 4 is 0 Å². The molecule has 0 saturated carbocycles. The summed E-state index contributed by atoms with van der Waals surface area (Å²) in [6.45, 7) is -1.22. The van der Waals surface area contributed by atoms with Crippen LogP contribution in [0, 0.1) is 11.3 Å². The second-order valence-corrected chi connectivity index (χ2v) is 1.95. The lowest BCUT2D eigenvalue weighted by atomic mass is 10.5. The molecule has 0 amide bonds. The lowest BCUT2D eigenvalue weighted by Crippen LogP contribution is -2.31. The molecule has 0 aliphatic carbocycles. The quantitative estimate of drug-likeness (QED) is 0.552. The van der Waals surface area contributed by atoms with Crippen molar-refractivity contribution in [2.24, 2.45) is 0 Å². The fourth-order valence-electron chi connectivity index (χ4n) is 0.483. The van der Waals surface area contributed by atoms with Crippen LogP contribution in [0.15, 0.2) is 0 Å². The number of hydrogen-bond acceptors (Lipinski definition) is 2. The molecule has 0 unspecified atom stereocenters. The summed E-state index contributed by atoms with van der Waals surface area (Å²) in [5.41, 5.74) is 0. The molecular formula is C5H7F3N2. The Kier molecular flexibility index (Phi) is 3.16. The maximum absolute atomic E-state index is 11.5.